The van der Waals surface area contributed by atoms with E-state index in [0.717, 1.165) is 24.2 Å². The van der Waals surface area contributed by atoms with E-state index < -0.39 is 17.8 Å². The molecular formula is C26H38N2O5. The maximum absolute atomic E-state index is 12.7. The van der Waals surface area contributed by atoms with Crippen molar-refractivity contribution in [2.24, 2.45) is 0 Å². The maximum atomic E-state index is 12.7. The highest BCUT2D eigenvalue weighted by atomic mass is 16.6. The van der Waals surface area contributed by atoms with E-state index in [1.165, 1.54) is 4.90 Å². The average Bonchev–Trinajstić information content (AvgIpc) is 2.76. The van der Waals surface area contributed by atoms with Crippen molar-refractivity contribution in [3.05, 3.63) is 54.1 Å². The first-order valence-corrected chi connectivity index (χ1v) is 11.5. The molecular weight excluding hydrogens is 420 g/mol. The van der Waals surface area contributed by atoms with Crippen LogP contribution in [0, 0.1) is 0 Å². The lowest BCUT2D eigenvalue weighted by Crippen LogP contribution is -2.43. The van der Waals surface area contributed by atoms with Crippen LogP contribution in [0.1, 0.15) is 46.1 Å². The van der Waals surface area contributed by atoms with Gasteiger partial charge in [0.1, 0.15) is 29.8 Å². The number of hydrogen-bond donors (Lipinski definition) is 2. The smallest absolute Gasteiger partial charge is 0.410 e. The van der Waals surface area contributed by atoms with Crippen LogP contribution >= 0.6 is 0 Å². The molecule has 2 aromatic carbocycles. The van der Waals surface area contributed by atoms with Crippen LogP contribution in [0.15, 0.2) is 48.5 Å². The van der Waals surface area contributed by atoms with Crippen molar-refractivity contribution in [3.63, 3.8) is 0 Å². The minimum atomic E-state index is -0.871. The van der Waals surface area contributed by atoms with Crippen molar-refractivity contribution >= 4 is 11.8 Å². The van der Waals surface area contributed by atoms with Gasteiger partial charge in [-0.15, -0.1) is 0 Å². The molecule has 0 saturated heterocycles. The molecule has 0 aliphatic heterocycles. The van der Waals surface area contributed by atoms with E-state index in [0.29, 0.717) is 31.0 Å². The quantitative estimate of drug-likeness (QED) is 0.355. The third-order valence-electron chi connectivity index (χ3n) is 4.77. The predicted molar refractivity (Wildman–Crippen MR) is 131 cm³/mol. The number of nitrogens with two attached hydrogens (primary N) is 1. The van der Waals surface area contributed by atoms with Gasteiger partial charge in [0.25, 0.3) is 0 Å². The summed E-state index contributed by atoms with van der Waals surface area (Å²) in [6, 6.07) is 14.8. The van der Waals surface area contributed by atoms with Crippen LogP contribution in [-0.2, 0) is 11.2 Å². The van der Waals surface area contributed by atoms with Crippen molar-refractivity contribution < 1.29 is 24.1 Å². The Kier molecular flexibility index (Phi) is 10.3. The highest BCUT2D eigenvalue weighted by Gasteiger charge is 2.24. The Balaban J connectivity index is 1.90. The molecule has 0 aliphatic carbocycles. The highest BCUT2D eigenvalue weighted by molar-refractivity contribution is 5.68. The van der Waals surface area contributed by atoms with Crippen molar-refractivity contribution in [1.82, 2.24) is 4.90 Å². The first-order chi connectivity index (χ1) is 15.7. The number of unbranched alkanes of at least 4 members (excludes halogenated alkanes) is 1. The molecule has 0 saturated carbocycles. The zero-order valence-corrected chi connectivity index (χ0v) is 20.3. The fourth-order valence-electron chi connectivity index (χ4n) is 3.00. The molecule has 2 aromatic rings. The van der Waals surface area contributed by atoms with E-state index in [-0.39, 0.29) is 13.2 Å². The SMILES string of the molecule is CCCCOc1ccc(OC[C@@H](O)CN(CCc2ccc(N)cc2)C(=O)OC(C)(C)C)cc1. The standard InChI is InChI=1S/C26H38N2O5/c1-5-6-17-31-23-11-13-24(14-12-23)32-19-22(29)18-28(25(30)33-26(2,3)4)16-15-20-7-9-21(27)10-8-20/h7-14,22,29H,5-6,15-19,27H2,1-4H3/t22-/m0/s1. The molecule has 1 amide bonds. The van der Waals surface area contributed by atoms with Gasteiger partial charge in [-0.1, -0.05) is 25.5 Å². The number of carbonyl (C=O) groups is 1. The van der Waals surface area contributed by atoms with Crippen LogP contribution in [0.5, 0.6) is 11.5 Å². The fourth-order valence-corrected chi connectivity index (χ4v) is 3.00. The number of hydrogen-bond acceptors (Lipinski definition) is 6. The van der Waals surface area contributed by atoms with E-state index in [2.05, 4.69) is 6.92 Å². The molecule has 182 valence electrons. The summed E-state index contributed by atoms with van der Waals surface area (Å²) in [5.74, 6) is 1.41. The van der Waals surface area contributed by atoms with Crippen molar-refractivity contribution in [3.8, 4) is 11.5 Å². The lowest BCUT2D eigenvalue weighted by Gasteiger charge is -2.29. The van der Waals surface area contributed by atoms with Gasteiger partial charge in [0.2, 0.25) is 0 Å². The molecule has 0 fully saturated rings. The zero-order valence-electron chi connectivity index (χ0n) is 20.3. The number of aliphatic hydroxyl groups is 1. The van der Waals surface area contributed by atoms with E-state index in [1.54, 1.807) is 12.1 Å². The Hall–Kier alpha value is -2.93. The van der Waals surface area contributed by atoms with Gasteiger partial charge < -0.3 is 30.0 Å². The molecule has 0 aliphatic rings. The number of rotatable bonds is 12. The molecule has 7 nitrogen and oxygen atoms in total. The van der Waals surface area contributed by atoms with Crippen molar-refractivity contribution in [2.45, 2.75) is 58.7 Å². The van der Waals surface area contributed by atoms with Gasteiger partial charge in [0, 0.05) is 12.2 Å². The molecule has 0 spiro atoms. The van der Waals surface area contributed by atoms with Gasteiger partial charge in [-0.3, -0.25) is 0 Å². The summed E-state index contributed by atoms with van der Waals surface area (Å²) in [6.07, 6.45) is 1.37. The lowest BCUT2D eigenvalue weighted by molar-refractivity contribution is 0.00944. The Labute approximate surface area is 197 Å². The van der Waals surface area contributed by atoms with E-state index >= 15 is 0 Å². The van der Waals surface area contributed by atoms with Gasteiger partial charge >= 0.3 is 6.09 Å². The second-order valence-corrected chi connectivity index (χ2v) is 9.06. The van der Waals surface area contributed by atoms with Gasteiger partial charge in [-0.25, -0.2) is 4.79 Å². The van der Waals surface area contributed by atoms with Gasteiger partial charge in [0.05, 0.1) is 13.2 Å². The lowest BCUT2D eigenvalue weighted by atomic mass is 10.1. The second kappa shape index (κ2) is 12.9. The Bertz CT molecular complexity index is 831. The summed E-state index contributed by atoms with van der Waals surface area (Å²) in [4.78, 5) is 14.2. The molecule has 3 N–H and O–H groups in total. The van der Waals surface area contributed by atoms with Crippen LogP contribution in [0.2, 0.25) is 0 Å². The van der Waals surface area contributed by atoms with E-state index in [1.807, 2.05) is 57.2 Å². The molecule has 0 radical (unpaired) electrons. The summed E-state index contributed by atoms with van der Waals surface area (Å²) < 4.78 is 16.9. The number of ether oxygens (including phenoxy) is 3. The topological polar surface area (TPSA) is 94.3 Å². The first-order valence-electron chi connectivity index (χ1n) is 11.5. The molecule has 33 heavy (non-hydrogen) atoms. The summed E-state index contributed by atoms with van der Waals surface area (Å²) >= 11 is 0. The Morgan fingerprint density at radius 1 is 1.03 bits per heavy atom. The maximum Gasteiger partial charge on any atom is 0.410 e. The number of carbonyl (C=O) groups excluding carboxylic acids is 1. The predicted octanol–water partition coefficient (Wildman–Crippen LogP) is 4.67. The highest BCUT2D eigenvalue weighted by Crippen LogP contribution is 2.18. The molecule has 0 bridgehead atoms. The summed E-state index contributed by atoms with van der Waals surface area (Å²) in [5.41, 5.74) is 6.86. The second-order valence-electron chi connectivity index (χ2n) is 9.06. The van der Waals surface area contributed by atoms with Crippen LogP contribution in [0.25, 0.3) is 0 Å². The average molecular weight is 459 g/mol. The van der Waals surface area contributed by atoms with Gasteiger partial charge in [0.15, 0.2) is 0 Å². The largest absolute Gasteiger partial charge is 0.494 e. The monoisotopic (exact) mass is 458 g/mol. The number of nitrogens with zero attached hydrogens (tertiary/aromatic N) is 1. The van der Waals surface area contributed by atoms with Crippen molar-refractivity contribution in [1.29, 1.82) is 0 Å². The van der Waals surface area contributed by atoms with Gasteiger partial charge in [-0.2, -0.15) is 0 Å². The molecule has 0 unspecified atom stereocenters. The van der Waals surface area contributed by atoms with Crippen LogP contribution in [0.4, 0.5) is 10.5 Å². The van der Waals surface area contributed by atoms with Crippen LogP contribution in [0.3, 0.4) is 0 Å². The number of benzene rings is 2. The summed E-state index contributed by atoms with van der Waals surface area (Å²) in [7, 11) is 0. The van der Waals surface area contributed by atoms with Crippen LogP contribution < -0.4 is 15.2 Å². The summed E-state index contributed by atoms with van der Waals surface area (Å²) in [5, 5.41) is 10.5. The summed E-state index contributed by atoms with van der Waals surface area (Å²) in [6.45, 7) is 8.81. The van der Waals surface area contributed by atoms with E-state index in [4.69, 9.17) is 19.9 Å². The fraction of sp³-hybridized carbons (Fsp3) is 0.500. The molecule has 7 heteroatoms. The molecule has 1 atom stereocenters. The minimum absolute atomic E-state index is 0.0528. The Morgan fingerprint density at radius 3 is 2.21 bits per heavy atom. The normalized spacial score (nSPS) is 12.2. The van der Waals surface area contributed by atoms with Crippen molar-refractivity contribution in [2.75, 3.05) is 32.0 Å². The molecule has 0 heterocycles. The van der Waals surface area contributed by atoms with E-state index in [9.17, 15) is 9.90 Å². The number of aliphatic hydroxyl groups excluding tert-OH is 1. The minimum Gasteiger partial charge on any atom is -0.494 e. The zero-order chi connectivity index (χ0) is 24.3. The third-order valence-corrected chi connectivity index (χ3v) is 4.77. The Morgan fingerprint density at radius 2 is 1.64 bits per heavy atom. The first kappa shape index (κ1) is 26.3. The number of nitrogen functional groups attached to an aromatic ring is 1. The van der Waals surface area contributed by atoms with Gasteiger partial charge in [-0.05, 0) is 75.6 Å². The number of amides is 1. The third kappa shape index (κ3) is 10.5. The molecule has 2 rings (SSSR count). The number of anilines is 1. The molecule has 0 aromatic heterocycles. The van der Waals surface area contributed by atoms with Crippen LogP contribution in [-0.4, -0.2) is 54.1 Å².